The van der Waals surface area contributed by atoms with Crippen molar-refractivity contribution >= 4 is 29.2 Å². The van der Waals surface area contributed by atoms with Gasteiger partial charge < -0.3 is 9.47 Å². The van der Waals surface area contributed by atoms with Crippen molar-refractivity contribution in [1.29, 1.82) is 0 Å². The van der Waals surface area contributed by atoms with Gasteiger partial charge in [0.05, 0.1) is 19.9 Å². The molecule has 1 aromatic heterocycles. The number of esters is 1. The zero-order valence-electron chi connectivity index (χ0n) is 9.90. The number of nitrogens with zero attached hydrogens (tertiary/aromatic N) is 2. The second-order valence-electron chi connectivity index (χ2n) is 3.26. The number of hydrogen-bond acceptors (Lipinski definition) is 5. The van der Waals surface area contributed by atoms with E-state index >= 15 is 0 Å². The summed E-state index contributed by atoms with van der Waals surface area (Å²) < 4.78 is 10.5. The molecule has 0 atom stereocenters. The maximum absolute atomic E-state index is 12.0. The summed E-state index contributed by atoms with van der Waals surface area (Å²) in [6, 6.07) is 0. The number of hydrogen-bond donors (Lipinski definition) is 0. The molecular formula is C10H12Cl2N2O4. The SMILES string of the molecule is COC(=O)Cn1c(CCCl)c(Cl)nc(OC)c1=O. The Bertz CT molecular complexity index is 501. The number of rotatable bonds is 5. The lowest BCUT2D eigenvalue weighted by Crippen LogP contribution is -2.30. The second kappa shape index (κ2) is 6.61. The molecule has 100 valence electrons. The molecule has 1 heterocycles. The highest BCUT2D eigenvalue weighted by Crippen LogP contribution is 2.15. The van der Waals surface area contributed by atoms with Gasteiger partial charge in [0.15, 0.2) is 5.15 Å². The maximum atomic E-state index is 12.0. The summed E-state index contributed by atoms with van der Waals surface area (Å²) in [5.74, 6) is -0.506. The molecule has 0 fully saturated rings. The van der Waals surface area contributed by atoms with Gasteiger partial charge in [0.1, 0.15) is 6.54 Å². The Morgan fingerprint density at radius 3 is 2.61 bits per heavy atom. The Balaban J connectivity index is 3.36. The summed E-state index contributed by atoms with van der Waals surface area (Å²) in [5, 5.41) is 0.0796. The molecule has 1 aromatic rings. The molecule has 0 spiro atoms. The molecule has 0 N–H and O–H groups in total. The van der Waals surface area contributed by atoms with Crippen molar-refractivity contribution in [2.75, 3.05) is 20.1 Å². The monoisotopic (exact) mass is 294 g/mol. The van der Waals surface area contributed by atoms with E-state index in [1.807, 2.05) is 0 Å². The molecule has 6 nitrogen and oxygen atoms in total. The standard InChI is InChI=1S/C10H12Cl2N2O4/c1-17-7(15)5-14-6(3-4-11)8(12)13-9(18-2)10(14)16/h3-5H2,1-2H3. The lowest BCUT2D eigenvalue weighted by molar-refractivity contribution is -0.141. The van der Waals surface area contributed by atoms with E-state index in [0.717, 1.165) is 4.57 Å². The van der Waals surface area contributed by atoms with Crippen molar-refractivity contribution < 1.29 is 14.3 Å². The first-order valence-corrected chi connectivity index (χ1v) is 5.92. The van der Waals surface area contributed by atoms with Gasteiger partial charge in [-0.1, -0.05) is 11.6 Å². The molecule has 0 saturated heterocycles. The fourth-order valence-corrected chi connectivity index (χ4v) is 1.82. The van der Waals surface area contributed by atoms with Gasteiger partial charge in [-0.2, -0.15) is 4.98 Å². The van der Waals surface area contributed by atoms with Crippen LogP contribution in [0.2, 0.25) is 5.15 Å². The minimum Gasteiger partial charge on any atom is -0.477 e. The number of alkyl halides is 1. The van der Waals surface area contributed by atoms with Crippen molar-refractivity contribution in [1.82, 2.24) is 9.55 Å². The number of methoxy groups -OCH3 is 2. The summed E-state index contributed by atoms with van der Waals surface area (Å²) in [6.07, 6.45) is 0.309. The molecular weight excluding hydrogens is 283 g/mol. The summed E-state index contributed by atoms with van der Waals surface area (Å²) in [7, 11) is 2.53. The highest BCUT2D eigenvalue weighted by atomic mass is 35.5. The third-order valence-corrected chi connectivity index (χ3v) is 2.72. The van der Waals surface area contributed by atoms with E-state index in [1.54, 1.807) is 0 Å². The van der Waals surface area contributed by atoms with Crippen LogP contribution in [0.15, 0.2) is 4.79 Å². The lowest BCUT2D eigenvalue weighted by Gasteiger charge is -2.13. The van der Waals surface area contributed by atoms with Crippen LogP contribution in [0.3, 0.4) is 0 Å². The van der Waals surface area contributed by atoms with Gasteiger partial charge >= 0.3 is 11.5 Å². The van der Waals surface area contributed by atoms with Crippen LogP contribution in [0.5, 0.6) is 5.88 Å². The van der Waals surface area contributed by atoms with E-state index in [9.17, 15) is 9.59 Å². The fourth-order valence-electron chi connectivity index (χ4n) is 1.37. The topological polar surface area (TPSA) is 70.4 Å². The summed E-state index contributed by atoms with van der Waals surface area (Å²) in [4.78, 5) is 27.0. The van der Waals surface area contributed by atoms with E-state index < -0.39 is 11.5 Å². The van der Waals surface area contributed by atoms with Crippen molar-refractivity contribution in [2.24, 2.45) is 0 Å². The zero-order valence-corrected chi connectivity index (χ0v) is 11.4. The van der Waals surface area contributed by atoms with Gasteiger partial charge in [0.2, 0.25) is 0 Å². The first-order chi connectivity index (χ1) is 8.54. The van der Waals surface area contributed by atoms with E-state index in [4.69, 9.17) is 27.9 Å². The average molecular weight is 295 g/mol. The molecule has 8 heteroatoms. The molecule has 18 heavy (non-hydrogen) atoms. The summed E-state index contributed by atoms with van der Waals surface area (Å²) in [5.41, 5.74) is -0.171. The van der Waals surface area contributed by atoms with Gasteiger partial charge in [-0.25, -0.2) is 0 Å². The zero-order chi connectivity index (χ0) is 13.7. The molecule has 0 bridgehead atoms. The van der Waals surface area contributed by atoms with Crippen molar-refractivity contribution in [3.05, 3.63) is 21.2 Å². The Hall–Kier alpha value is -1.27. The van der Waals surface area contributed by atoms with E-state index in [0.29, 0.717) is 12.1 Å². The Morgan fingerprint density at radius 2 is 2.11 bits per heavy atom. The minimum atomic E-state index is -0.572. The predicted molar refractivity (Wildman–Crippen MR) is 66.5 cm³/mol. The number of carbonyl (C=O) groups excluding carboxylic acids is 1. The molecule has 0 amide bonds. The van der Waals surface area contributed by atoms with Gasteiger partial charge in [0, 0.05) is 12.3 Å². The fraction of sp³-hybridized carbons (Fsp3) is 0.500. The maximum Gasteiger partial charge on any atom is 0.325 e. The third kappa shape index (κ3) is 3.14. The molecule has 0 aliphatic carbocycles. The summed E-state index contributed by atoms with van der Waals surface area (Å²) in [6.45, 7) is -0.264. The molecule has 0 saturated carbocycles. The molecule has 1 rings (SSSR count). The normalized spacial score (nSPS) is 10.2. The van der Waals surface area contributed by atoms with Crippen LogP contribution in [0.25, 0.3) is 0 Å². The number of aromatic nitrogens is 2. The lowest BCUT2D eigenvalue weighted by atomic mass is 10.3. The third-order valence-electron chi connectivity index (χ3n) is 2.23. The van der Waals surface area contributed by atoms with E-state index in [1.165, 1.54) is 14.2 Å². The van der Waals surface area contributed by atoms with Crippen LogP contribution in [0.4, 0.5) is 0 Å². The van der Waals surface area contributed by atoms with Crippen LogP contribution in [-0.4, -0.2) is 35.6 Å². The first-order valence-electron chi connectivity index (χ1n) is 5.01. The van der Waals surface area contributed by atoms with Gasteiger partial charge in [0.25, 0.3) is 5.88 Å². The van der Waals surface area contributed by atoms with Crippen molar-refractivity contribution in [3.63, 3.8) is 0 Å². The number of carbonyl (C=O) groups is 1. The Morgan fingerprint density at radius 1 is 1.44 bits per heavy atom. The number of ether oxygens (including phenoxy) is 2. The minimum absolute atomic E-state index is 0.0796. The molecule has 0 radical (unpaired) electrons. The first kappa shape index (κ1) is 14.8. The van der Waals surface area contributed by atoms with Crippen LogP contribution in [-0.2, 0) is 22.5 Å². The molecule has 0 aliphatic rings. The van der Waals surface area contributed by atoms with Crippen molar-refractivity contribution in [2.45, 2.75) is 13.0 Å². The van der Waals surface area contributed by atoms with Crippen LogP contribution in [0, 0.1) is 0 Å². The predicted octanol–water partition coefficient (Wildman–Crippen LogP) is 0.860. The molecule has 0 unspecified atom stereocenters. The highest BCUT2D eigenvalue weighted by Gasteiger charge is 2.17. The van der Waals surface area contributed by atoms with E-state index in [2.05, 4.69) is 9.72 Å². The van der Waals surface area contributed by atoms with Gasteiger partial charge in [-0.3, -0.25) is 14.2 Å². The Labute approximate surface area is 113 Å². The van der Waals surface area contributed by atoms with E-state index in [-0.39, 0.29) is 23.5 Å². The average Bonchev–Trinajstić information content (AvgIpc) is 2.37. The van der Waals surface area contributed by atoms with Crippen LogP contribution >= 0.6 is 23.2 Å². The van der Waals surface area contributed by atoms with Gasteiger partial charge in [-0.05, 0) is 0 Å². The largest absolute Gasteiger partial charge is 0.477 e. The van der Waals surface area contributed by atoms with Crippen molar-refractivity contribution in [3.8, 4) is 5.88 Å². The molecule has 0 aliphatic heterocycles. The Kier molecular flexibility index (Phi) is 5.43. The quantitative estimate of drug-likeness (QED) is 0.595. The smallest absolute Gasteiger partial charge is 0.325 e. The molecule has 0 aromatic carbocycles. The van der Waals surface area contributed by atoms with Crippen LogP contribution < -0.4 is 10.3 Å². The highest BCUT2D eigenvalue weighted by molar-refractivity contribution is 6.30. The van der Waals surface area contributed by atoms with Crippen LogP contribution in [0.1, 0.15) is 5.69 Å². The second-order valence-corrected chi connectivity index (χ2v) is 4.00. The van der Waals surface area contributed by atoms with Gasteiger partial charge in [-0.15, -0.1) is 11.6 Å². The summed E-state index contributed by atoms with van der Waals surface area (Å²) >= 11 is 11.6. The number of halogens is 2.